The molecule has 1 aromatic heterocycles. The second kappa shape index (κ2) is 8.22. The van der Waals surface area contributed by atoms with E-state index in [1.807, 2.05) is 0 Å². The molecule has 0 fully saturated rings. The molecule has 0 saturated carbocycles. The Morgan fingerprint density at radius 2 is 1.82 bits per heavy atom. The number of nitrogens with one attached hydrogen (secondary N) is 1. The van der Waals surface area contributed by atoms with Crippen LogP contribution in [-0.2, 0) is 17.1 Å². The number of ether oxygens (including phenoxy) is 2. The third-order valence-electron chi connectivity index (χ3n) is 4.25. The van der Waals surface area contributed by atoms with Crippen molar-refractivity contribution in [1.29, 1.82) is 0 Å². The zero-order chi connectivity index (χ0) is 20.3. The first kappa shape index (κ1) is 20.2. The van der Waals surface area contributed by atoms with Gasteiger partial charge in [0.05, 0.1) is 14.2 Å². The Balaban J connectivity index is 2.08. The fourth-order valence-corrected chi connectivity index (χ4v) is 4.29. The van der Waals surface area contributed by atoms with Gasteiger partial charge in [0.15, 0.2) is 0 Å². The SMILES string of the molecule is COc1ccc(OC)c(S(=O)(=O)NC(c2ccc(Cl)cc2)c2nccn2C)c1. The molecule has 0 bridgehead atoms. The summed E-state index contributed by atoms with van der Waals surface area (Å²) in [6.07, 6.45) is 3.36. The Morgan fingerprint density at radius 1 is 1.11 bits per heavy atom. The summed E-state index contributed by atoms with van der Waals surface area (Å²) in [4.78, 5) is 4.29. The van der Waals surface area contributed by atoms with Crippen LogP contribution in [0.5, 0.6) is 11.5 Å². The normalized spacial score (nSPS) is 12.6. The lowest BCUT2D eigenvalue weighted by atomic mass is 10.1. The van der Waals surface area contributed by atoms with Crippen LogP contribution in [0.4, 0.5) is 0 Å². The molecule has 0 spiro atoms. The van der Waals surface area contributed by atoms with Gasteiger partial charge in [-0.05, 0) is 29.8 Å². The van der Waals surface area contributed by atoms with Crippen molar-refractivity contribution in [3.8, 4) is 11.5 Å². The number of aromatic nitrogens is 2. The maximum absolute atomic E-state index is 13.2. The molecule has 2 aromatic carbocycles. The maximum atomic E-state index is 13.2. The smallest absolute Gasteiger partial charge is 0.245 e. The predicted molar refractivity (Wildman–Crippen MR) is 106 cm³/mol. The third-order valence-corrected chi connectivity index (χ3v) is 5.95. The molecule has 28 heavy (non-hydrogen) atoms. The zero-order valence-electron chi connectivity index (χ0n) is 15.6. The highest BCUT2D eigenvalue weighted by Crippen LogP contribution is 2.31. The Hall–Kier alpha value is -2.55. The molecule has 1 atom stereocenters. The largest absolute Gasteiger partial charge is 0.497 e. The van der Waals surface area contributed by atoms with Crippen molar-refractivity contribution in [3.63, 3.8) is 0 Å². The number of methoxy groups -OCH3 is 2. The quantitative estimate of drug-likeness (QED) is 0.633. The molecule has 0 amide bonds. The topological polar surface area (TPSA) is 82.4 Å². The van der Waals surface area contributed by atoms with E-state index in [9.17, 15) is 8.42 Å². The number of imidazole rings is 1. The second-order valence-electron chi connectivity index (χ2n) is 6.02. The summed E-state index contributed by atoms with van der Waals surface area (Å²) in [5.74, 6) is 1.15. The highest BCUT2D eigenvalue weighted by molar-refractivity contribution is 7.89. The van der Waals surface area contributed by atoms with E-state index in [2.05, 4.69) is 9.71 Å². The van der Waals surface area contributed by atoms with Crippen LogP contribution >= 0.6 is 11.6 Å². The molecule has 3 rings (SSSR count). The van der Waals surface area contributed by atoms with Crippen LogP contribution in [0.25, 0.3) is 0 Å². The van der Waals surface area contributed by atoms with Gasteiger partial charge in [-0.15, -0.1) is 0 Å². The average Bonchev–Trinajstić information content (AvgIpc) is 3.12. The van der Waals surface area contributed by atoms with E-state index in [1.165, 1.54) is 20.3 Å². The first-order valence-electron chi connectivity index (χ1n) is 8.32. The Kier molecular flexibility index (Phi) is 5.93. The summed E-state index contributed by atoms with van der Waals surface area (Å²) in [6, 6.07) is 10.8. The molecule has 0 aliphatic rings. The number of nitrogens with zero attached hydrogens (tertiary/aromatic N) is 2. The van der Waals surface area contributed by atoms with Gasteiger partial charge in [0.25, 0.3) is 0 Å². The lowest BCUT2D eigenvalue weighted by Crippen LogP contribution is -2.31. The van der Waals surface area contributed by atoms with Crippen LogP contribution in [0, 0.1) is 0 Å². The van der Waals surface area contributed by atoms with Gasteiger partial charge in [0.1, 0.15) is 28.3 Å². The molecule has 9 heteroatoms. The monoisotopic (exact) mass is 421 g/mol. The standard InChI is InChI=1S/C19H20ClN3O4S/c1-23-11-10-21-19(23)18(13-4-6-14(20)7-5-13)22-28(24,25)17-12-15(26-2)8-9-16(17)27-3/h4-12,18,22H,1-3H3. The maximum Gasteiger partial charge on any atom is 0.245 e. The first-order valence-corrected chi connectivity index (χ1v) is 10.2. The molecule has 0 aliphatic carbocycles. The first-order chi connectivity index (χ1) is 13.4. The van der Waals surface area contributed by atoms with E-state index >= 15 is 0 Å². The van der Waals surface area contributed by atoms with Gasteiger partial charge in [0, 0.05) is 30.5 Å². The summed E-state index contributed by atoms with van der Waals surface area (Å²) in [5, 5.41) is 0.555. The molecule has 3 aromatic rings. The summed E-state index contributed by atoms with van der Waals surface area (Å²) in [6.45, 7) is 0. The van der Waals surface area contributed by atoms with Crippen molar-refractivity contribution in [2.45, 2.75) is 10.9 Å². The van der Waals surface area contributed by atoms with Crippen LogP contribution in [0.2, 0.25) is 5.02 Å². The van der Waals surface area contributed by atoms with Gasteiger partial charge >= 0.3 is 0 Å². The third kappa shape index (κ3) is 4.14. The van der Waals surface area contributed by atoms with E-state index in [4.69, 9.17) is 21.1 Å². The number of hydrogen-bond donors (Lipinski definition) is 1. The van der Waals surface area contributed by atoms with Crippen LogP contribution in [0.3, 0.4) is 0 Å². The van der Waals surface area contributed by atoms with Crippen LogP contribution in [0.15, 0.2) is 59.8 Å². The highest BCUT2D eigenvalue weighted by atomic mass is 35.5. The van der Waals surface area contributed by atoms with E-state index in [0.29, 0.717) is 22.2 Å². The molecular formula is C19H20ClN3O4S. The minimum Gasteiger partial charge on any atom is -0.497 e. The number of aryl methyl sites for hydroxylation is 1. The molecule has 7 nitrogen and oxygen atoms in total. The van der Waals surface area contributed by atoms with E-state index in [1.54, 1.807) is 60.4 Å². The van der Waals surface area contributed by atoms with E-state index in [0.717, 1.165) is 0 Å². The molecule has 1 heterocycles. The minimum absolute atomic E-state index is 0.0254. The van der Waals surface area contributed by atoms with Gasteiger partial charge in [0.2, 0.25) is 10.0 Å². The van der Waals surface area contributed by atoms with E-state index in [-0.39, 0.29) is 10.6 Å². The minimum atomic E-state index is -3.98. The predicted octanol–water partition coefficient (Wildman–Crippen LogP) is 3.16. The number of hydrogen-bond acceptors (Lipinski definition) is 5. The lowest BCUT2D eigenvalue weighted by molar-refractivity contribution is 0.391. The molecule has 0 aliphatic heterocycles. The van der Waals surface area contributed by atoms with Crippen molar-refractivity contribution in [2.75, 3.05) is 14.2 Å². The molecule has 1 N–H and O–H groups in total. The number of rotatable bonds is 7. The van der Waals surface area contributed by atoms with E-state index < -0.39 is 16.1 Å². The van der Waals surface area contributed by atoms with Crippen molar-refractivity contribution in [1.82, 2.24) is 14.3 Å². The van der Waals surface area contributed by atoms with Crippen LogP contribution in [0.1, 0.15) is 17.4 Å². The molecule has 1 unspecified atom stereocenters. The van der Waals surface area contributed by atoms with Crippen molar-refractivity contribution in [2.24, 2.45) is 7.05 Å². The van der Waals surface area contributed by atoms with Gasteiger partial charge < -0.3 is 14.0 Å². The Morgan fingerprint density at radius 3 is 2.39 bits per heavy atom. The van der Waals surface area contributed by atoms with Gasteiger partial charge in [-0.2, -0.15) is 4.72 Å². The van der Waals surface area contributed by atoms with Gasteiger partial charge in [-0.25, -0.2) is 13.4 Å². The zero-order valence-corrected chi connectivity index (χ0v) is 17.2. The van der Waals surface area contributed by atoms with Crippen LogP contribution in [-0.4, -0.2) is 32.2 Å². The summed E-state index contributed by atoms with van der Waals surface area (Å²) >= 11 is 5.98. The van der Waals surface area contributed by atoms with Crippen molar-refractivity contribution < 1.29 is 17.9 Å². The summed E-state index contributed by atoms with van der Waals surface area (Å²) < 4.78 is 41.3. The number of benzene rings is 2. The summed E-state index contributed by atoms with van der Waals surface area (Å²) in [7, 11) is 0.701. The lowest BCUT2D eigenvalue weighted by Gasteiger charge is -2.20. The van der Waals surface area contributed by atoms with Crippen molar-refractivity contribution in [3.05, 3.63) is 71.3 Å². The Bertz CT molecular complexity index is 1070. The molecular weight excluding hydrogens is 402 g/mol. The molecule has 148 valence electrons. The van der Waals surface area contributed by atoms with Gasteiger partial charge in [-0.3, -0.25) is 0 Å². The average molecular weight is 422 g/mol. The second-order valence-corrected chi connectivity index (χ2v) is 8.14. The highest BCUT2D eigenvalue weighted by Gasteiger charge is 2.28. The van der Waals surface area contributed by atoms with Gasteiger partial charge in [-0.1, -0.05) is 23.7 Å². The van der Waals surface area contributed by atoms with Crippen LogP contribution < -0.4 is 14.2 Å². The Labute approximate surface area is 168 Å². The fraction of sp³-hybridized carbons (Fsp3) is 0.211. The van der Waals surface area contributed by atoms with Crippen molar-refractivity contribution >= 4 is 21.6 Å². The fourth-order valence-electron chi connectivity index (χ4n) is 2.79. The summed E-state index contributed by atoms with van der Waals surface area (Å²) in [5.41, 5.74) is 0.698. The number of sulfonamides is 1. The number of halogens is 1. The molecule has 0 radical (unpaired) electrons. The molecule has 0 saturated heterocycles.